The summed E-state index contributed by atoms with van der Waals surface area (Å²) in [5.74, 6) is 0. The summed E-state index contributed by atoms with van der Waals surface area (Å²) in [5, 5.41) is 14.3. The average Bonchev–Trinajstić information content (AvgIpc) is 2.92. The van der Waals surface area contributed by atoms with Crippen LogP contribution in [0.15, 0.2) is 12.1 Å². The van der Waals surface area contributed by atoms with E-state index in [9.17, 15) is 10.1 Å². The van der Waals surface area contributed by atoms with Gasteiger partial charge in [-0.3, -0.25) is 15.0 Å². The summed E-state index contributed by atoms with van der Waals surface area (Å²) in [6.07, 6.45) is 2.54. The van der Waals surface area contributed by atoms with Crippen molar-refractivity contribution in [3.63, 3.8) is 0 Å². The number of nitrogens with zero attached hydrogens (tertiary/aromatic N) is 2. The Balaban J connectivity index is 2.02. The Morgan fingerprint density at radius 1 is 1.45 bits per heavy atom. The van der Waals surface area contributed by atoms with Crippen molar-refractivity contribution in [3.8, 4) is 0 Å². The minimum absolute atomic E-state index is 0.0395. The number of benzene rings is 1. The van der Waals surface area contributed by atoms with Gasteiger partial charge in [0.2, 0.25) is 0 Å². The van der Waals surface area contributed by atoms with Crippen molar-refractivity contribution < 1.29 is 4.92 Å². The van der Waals surface area contributed by atoms with Crippen LogP contribution in [-0.2, 0) is 0 Å². The first kappa shape index (κ1) is 15.1. The van der Waals surface area contributed by atoms with Gasteiger partial charge in [-0.25, -0.2) is 0 Å². The number of nitrogens with one attached hydrogen (secondary N) is 1. The molecule has 1 atom stereocenters. The van der Waals surface area contributed by atoms with Gasteiger partial charge >= 0.3 is 0 Å². The van der Waals surface area contributed by atoms with Crippen molar-refractivity contribution in [2.45, 2.75) is 32.7 Å². The number of hydrogen-bond donors (Lipinski definition) is 1. The molecule has 1 N–H and O–H groups in total. The van der Waals surface area contributed by atoms with Crippen LogP contribution in [0.5, 0.6) is 0 Å². The average molecular weight is 298 g/mol. The molecular formula is C14H20ClN3O2. The maximum absolute atomic E-state index is 10.8. The van der Waals surface area contributed by atoms with E-state index in [1.165, 1.54) is 18.9 Å². The Morgan fingerprint density at radius 3 is 2.70 bits per heavy atom. The largest absolute Gasteiger partial charge is 0.383 e. The molecule has 0 aromatic heterocycles. The maximum Gasteiger partial charge on any atom is 0.288 e. The van der Waals surface area contributed by atoms with Crippen LogP contribution in [0.1, 0.15) is 25.3 Å². The van der Waals surface area contributed by atoms with E-state index in [1.54, 1.807) is 6.07 Å². The van der Waals surface area contributed by atoms with Crippen molar-refractivity contribution in [2.24, 2.45) is 0 Å². The molecule has 1 aliphatic rings. The van der Waals surface area contributed by atoms with Gasteiger partial charge in [-0.05, 0) is 51.4 Å². The van der Waals surface area contributed by atoms with Crippen molar-refractivity contribution in [1.29, 1.82) is 0 Å². The highest BCUT2D eigenvalue weighted by Gasteiger charge is 2.19. The lowest BCUT2D eigenvalue weighted by molar-refractivity contribution is -0.384. The second-order valence-corrected chi connectivity index (χ2v) is 5.76. The summed E-state index contributed by atoms with van der Waals surface area (Å²) in [7, 11) is 0. The highest BCUT2D eigenvalue weighted by Crippen LogP contribution is 2.30. The summed E-state index contributed by atoms with van der Waals surface area (Å²) >= 11 is 5.95. The quantitative estimate of drug-likeness (QED) is 0.668. The lowest BCUT2D eigenvalue weighted by atomic mass is 10.1. The van der Waals surface area contributed by atoms with E-state index >= 15 is 0 Å². The third-order valence-corrected chi connectivity index (χ3v) is 4.15. The van der Waals surface area contributed by atoms with Crippen LogP contribution in [-0.4, -0.2) is 35.5 Å². The molecule has 1 aromatic rings. The van der Waals surface area contributed by atoms with Gasteiger partial charge < -0.3 is 5.32 Å². The number of halogens is 1. The van der Waals surface area contributed by atoms with Crippen LogP contribution in [0.25, 0.3) is 0 Å². The lowest BCUT2D eigenvalue weighted by Crippen LogP contribution is -2.35. The fraction of sp³-hybridized carbons (Fsp3) is 0.571. The lowest BCUT2D eigenvalue weighted by Gasteiger charge is -2.24. The van der Waals surface area contributed by atoms with Gasteiger partial charge in [-0.2, -0.15) is 0 Å². The molecule has 1 saturated heterocycles. The van der Waals surface area contributed by atoms with Crippen molar-refractivity contribution >= 4 is 23.0 Å². The van der Waals surface area contributed by atoms with Crippen LogP contribution in [0.4, 0.5) is 11.4 Å². The van der Waals surface area contributed by atoms with E-state index in [0.29, 0.717) is 6.04 Å². The zero-order valence-corrected chi connectivity index (χ0v) is 12.6. The normalized spacial score (nSPS) is 17.1. The van der Waals surface area contributed by atoms with E-state index in [2.05, 4.69) is 17.1 Å². The standard InChI is InChI=1S/C14H20ClN3O2/c1-10-7-14(18(19)20)12(15)8-13(10)16-9-11(2)17-5-3-4-6-17/h7-8,11,16H,3-6,9H2,1-2H3. The Morgan fingerprint density at radius 2 is 2.10 bits per heavy atom. The molecule has 0 bridgehead atoms. The Labute approximate surface area is 124 Å². The van der Waals surface area contributed by atoms with Crippen LogP contribution in [0, 0.1) is 17.0 Å². The van der Waals surface area contributed by atoms with Gasteiger partial charge in [0.25, 0.3) is 5.69 Å². The van der Waals surface area contributed by atoms with Gasteiger partial charge in [-0.15, -0.1) is 0 Å². The second-order valence-electron chi connectivity index (χ2n) is 5.35. The van der Waals surface area contributed by atoms with Crippen LogP contribution < -0.4 is 5.32 Å². The minimum atomic E-state index is -0.452. The summed E-state index contributed by atoms with van der Waals surface area (Å²) in [6, 6.07) is 3.61. The zero-order valence-electron chi connectivity index (χ0n) is 11.9. The molecule has 5 nitrogen and oxygen atoms in total. The molecule has 2 rings (SSSR count). The smallest absolute Gasteiger partial charge is 0.288 e. The molecule has 0 amide bonds. The second kappa shape index (κ2) is 6.41. The predicted molar refractivity (Wildman–Crippen MR) is 81.6 cm³/mol. The highest BCUT2D eigenvalue weighted by molar-refractivity contribution is 6.33. The van der Waals surface area contributed by atoms with Crippen molar-refractivity contribution in [2.75, 3.05) is 25.0 Å². The first-order valence-electron chi connectivity index (χ1n) is 6.91. The highest BCUT2D eigenvalue weighted by atomic mass is 35.5. The van der Waals surface area contributed by atoms with Gasteiger partial charge in [0.1, 0.15) is 5.02 Å². The molecule has 1 aliphatic heterocycles. The van der Waals surface area contributed by atoms with Gasteiger partial charge in [-0.1, -0.05) is 11.6 Å². The fourth-order valence-electron chi connectivity index (χ4n) is 2.57. The van der Waals surface area contributed by atoms with Crippen LogP contribution in [0.2, 0.25) is 5.02 Å². The Hall–Kier alpha value is -1.33. The van der Waals surface area contributed by atoms with Crippen LogP contribution in [0.3, 0.4) is 0 Å². The van der Waals surface area contributed by atoms with E-state index in [-0.39, 0.29) is 10.7 Å². The number of rotatable bonds is 5. The molecule has 1 fully saturated rings. The van der Waals surface area contributed by atoms with E-state index in [1.807, 2.05) is 6.92 Å². The molecular weight excluding hydrogens is 278 g/mol. The maximum atomic E-state index is 10.8. The van der Waals surface area contributed by atoms with E-state index < -0.39 is 4.92 Å². The first-order chi connectivity index (χ1) is 9.49. The van der Waals surface area contributed by atoms with Crippen molar-refractivity contribution in [1.82, 2.24) is 4.90 Å². The summed E-state index contributed by atoms with van der Waals surface area (Å²) < 4.78 is 0. The molecule has 1 aromatic carbocycles. The van der Waals surface area contributed by atoms with E-state index in [0.717, 1.165) is 30.9 Å². The molecule has 0 spiro atoms. The van der Waals surface area contributed by atoms with Gasteiger partial charge in [0.15, 0.2) is 0 Å². The number of likely N-dealkylation sites (tertiary alicyclic amines) is 1. The van der Waals surface area contributed by atoms with Gasteiger partial charge in [0.05, 0.1) is 4.92 Å². The molecule has 110 valence electrons. The van der Waals surface area contributed by atoms with Gasteiger partial charge in [0, 0.05) is 24.3 Å². The molecule has 6 heteroatoms. The Kier molecular flexibility index (Phi) is 4.83. The minimum Gasteiger partial charge on any atom is -0.383 e. The number of nitro groups is 1. The number of nitro benzene ring substituents is 1. The molecule has 0 aliphatic carbocycles. The molecule has 1 unspecified atom stereocenters. The molecule has 20 heavy (non-hydrogen) atoms. The topological polar surface area (TPSA) is 58.4 Å². The monoisotopic (exact) mass is 297 g/mol. The zero-order chi connectivity index (χ0) is 14.7. The summed E-state index contributed by atoms with van der Waals surface area (Å²) in [6.45, 7) is 7.17. The predicted octanol–water partition coefficient (Wildman–Crippen LogP) is 3.45. The first-order valence-corrected chi connectivity index (χ1v) is 7.29. The molecule has 0 radical (unpaired) electrons. The number of hydrogen-bond acceptors (Lipinski definition) is 4. The van der Waals surface area contributed by atoms with Crippen LogP contribution >= 0.6 is 11.6 Å². The number of aryl methyl sites for hydroxylation is 1. The fourth-order valence-corrected chi connectivity index (χ4v) is 2.80. The summed E-state index contributed by atoms with van der Waals surface area (Å²) in [4.78, 5) is 12.8. The number of anilines is 1. The molecule has 1 heterocycles. The Bertz CT molecular complexity index is 501. The molecule has 0 saturated carbocycles. The SMILES string of the molecule is Cc1cc([N+](=O)[O-])c(Cl)cc1NCC(C)N1CCCC1. The van der Waals surface area contributed by atoms with E-state index in [4.69, 9.17) is 11.6 Å². The summed E-state index contributed by atoms with van der Waals surface area (Å²) in [5.41, 5.74) is 1.67. The third-order valence-electron chi connectivity index (χ3n) is 3.84. The third kappa shape index (κ3) is 3.41. The van der Waals surface area contributed by atoms with Crippen molar-refractivity contribution in [3.05, 3.63) is 32.8 Å².